The Morgan fingerprint density at radius 2 is 1.00 bits per heavy atom. The van der Waals surface area contributed by atoms with E-state index in [0.717, 1.165) is 0 Å². The van der Waals surface area contributed by atoms with Crippen LogP contribution in [0.15, 0.2) is 0 Å². The first-order chi connectivity index (χ1) is 4.15. The fraction of sp³-hybridized carbons (Fsp3) is 1.00. The van der Waals surface area contributed by atoms with Gasteiger partial charge in [0.1, 0.15) is 10.7 Å². The molecule has 0 saturated carbocycles. The van der Waals surface area contributed by atoms with Gasteiger partial charge in [-0.15, -0.1) is 0 Å². The summed E-state index contributed by atoms with van der Waals surface area (Å²) >= 11 is 0. The average Bonchev–Trinajstić information content (AvgIpc) is 1.59. The maximum Gasteiger partial charge on any atom is 0.460 e. The van der Waals surface area contributed by atoms with E-state index in [1.807, 2.05) is 0 Å². The van der Waals surface area contributed by atoms with Crippen LogP contribution < -0.4 is 0 Å². The quantitative estimate of drug-likeness (QED) is 0.465. The van der Waals surface area contributed by atoms with Crippen LogP contribution in [0.2, 0.25) is 0 Å². The molecule has 11 heavy (non-hydrogen) atoms. The molecule has 9 heteroatoms. The fourth-order valence-electron chi connectivity index (χ4n) is 0.131. The van der Waals surface area contributed by atoms with Crippen molar-refractivity contribution in [2.45, 2.75) is 11.0 Å². The minimum absolute atomic E-state index is 0. The SMILES string of the molecule is N=S(C(F)(F)F)C(F)(F)F.[Na]. The predicted molar refractivity (Wildman–Crippen MR) is 27.9 cm³/mol. The normalized spacial score (nSPS) is 13.0. The van der Waals surface area contributed by atoms with E-state index in [1.165, 1.54) is 0 Å². The number of halogens is 6. The van der Waals surface area contributed by atoms with Crippen LogP contribution >= 0.6 is 0 Å². The van der Waals surface area contributed by atoms with E-state index in [9.17, 15) is 26.3 Å². The van der Waals surface area contributed by atoms with E-state index in [4.69, 9.17) is 4.78 Å². The van der Waals surface area contributed by atoms with Gasteiger partial charge < -0.3 is 0 Å². The zero-order valence-corrected chi connectivity index (χ0v) is 7.99. The van der Waals surface area contributed by atoms with Crippen molar-refractivity contribution in [3.05, 3.63) is 0 Å². The van der Waals surface area contributed by atoms with E-state index in [0.29, 0.717) is 0 Å². The van der Waals surface area contributed by atoms with E-state index < -0.39 is 21.7 Å². The summed E-state index contributed by atoms with van der Waals surface area (Å²) in [5.74, 6) is 0. The molecule has 0 aromatic carbocycles. The van der Waals surface area contributed by atoms with Crippen molar-refractivity contribution in [1.82, 2.24) is 0 Å². The third kappa shape index (κ3) is 5.05. The van der Waals surface area contributed by atoms with Crippen LogP contribution in [0, 0.1) is 4.78 Å². The van der Waals surface area contributed by atoms with Gasteiger partial charge >= 0.3 is 11.0 Å². The van der Waals surface area contributed by atoms with Gasteiger partial charge in [-0.3, -0.25) is 4.78 Å². The van der Waals surface area contributed by atoms with Gasteiger partial charge in [-0.25, -0.2) is 0 Å². The molecule has 0 bridgehead atoms. The zero-order valence-electron chi connectivity index (χ0n) is 5.18. The number of hydrogen-bond donors (Lipinski definition) is 1. The molecule has 0 unspecified atom stereocenters. The van der Waals surface area contributed by atoms with Gasteiger partial charge in [-0.05, 0) is 0 Å². The summed E-state index contributed by atoms with van der Waals surface area (Å²) in [6.07, 6.45) is 0. The largest absolute Gasteiger partial charge is 0.460 e. The molecule has 0 fully saturated rings. The third-order valence-electron chi connectivity index (χ3n) is 0.463. The van der Waals surface area contributed by atoms with Crippen molar-refractivity contribution in [3.63, 3.8) is 0 Å². The molecule has 0 heterocycles. The van der Waals surface area contributed by atoms with Gasteiger partial charge in [0.25, 0.3) is 0 Å². The van der Waals surface area contributed by atoms with Gasteiger partial charge in [0.2, 0.25) is 0 Å². The molecule has 1 N–H and O–H groups in total. The molecule has 0 aromatic rings. The number of hydrogen-bond acceptors (Lipinski definition) is 1. The van der Waals surface area contributed by atoms with Gasteiger partial charge in [-0.2, -0.15) is 26.3 Å². The summed E-state index contributed by atoms with van der Waals surface area (Å²) < 4.78 is 72.0. The molecule has 1 radical (unpaired) electrons. The maximum atomic E-state index is 11.0. The zero-order chi connectivity index (χ0) is 8.58. The van der Waals surface area contributed by atoms with Gasteiger partial charge in [-0.1, -0.05) is 0 Å². The standard InChI is InChI=1S/C2HF6NS.Na/c3-1(4,5)10(9)2(6,7)8;/h9H;. The summed E-state index contributed by atoms with van der Waals surface area (Å²) in [4.78, 5) is 0. The Labute approximate surface area is 82.3 Å². The van der Waals surface area contributed by atoms with E-state index in [1.54, 1.807) is 0 Å². The molecule has 0 atom stereocenters. The molecule has 0 aliphatic heterocycles. The van der Waals surface area contributed by atoms with Crippen molar-refractivity contribution in [2.24, 2.45) is 0 Å². The van der Waals surface area contributed by atoms with Crippen molar-refractivity contribution in [1.29, 1.82) is 4.78 Å². The Morgan fingerprint density at radius 1 is 0.818 bits per heavy atom. The van der Waals surface area contributed by atoms with Crippen LogP contribution in [0.5, 0.6) is 0 Å². The second kappa shape index (κ2) is 4.11. The Balaban J connectivity index is 0. The van der Waals surface area contributed by atoms with Gasteiger partial charge in [0.15, 0.2) is 0 Å². The summed E-state index contributed by atoms with van der Waals surface area (Å²) in [5, 5.41) is 0. The first-order valence-electron chi connectivity index (χ1n) is 1.75. The van der Waals surface area contributed by atoms with Crippen molar-refractivity contribution >= 4 is 40.2 Å². The molecule has 0 amide bonds. The third-order valence-corrected chi connectivity index (χ3v) is 1.39. The summed E-state index contributed by atoms with van der Waals surface area (Å²) in [7, 11) is -4.25. The molecule has 0 aromatic heterocycles. The molecule has 0 aliphatic rings. The fourth-order valence-corrected chi connectivity index (χ4v) is 0.394. The topological polar surface area (TPSA) is 23.9 Å². The molecule has 0 rings (SSSR count). The molecule has 0 saturated heterocycles. The van der Waals surface area contributed by atoms with Gasteiger partial charge in [0, 0.05) is 29.6 Å². The van der Waals surface area contributed by atoms with Crippen LogP contribution in [0.3, 0.4) is 0 Å². The van der Waals surface area contributed by atoms with Gasteiger partial charge in [0.05, 0.1) is 0 Å². The van der Waals surface area contributed by atoms with Crippen molar-refractivity contribution < 1.29 is 26.3 Å². The average molecular weight is 208 g/mol. The molecule has 0 spiro atoms. The molecular weight excluding hydrogens is 207 g/mol. The van der Waals surface area contributed by atoms with Crippen molar-refractivity contribution in [3.8, 4) is 0 Å². The summed E-state index contributed by atoms with van der Waals surface area (Å²) in [6.45, 7) is 0. The minimum Gasteiger partial charge on any atom is -0.265 e. The summed E-state index contributed by atoms with van der Waals surface area (Å²) in [5.41, 5.74) is -11.0. The molecular formula is C2HF6NNaS. The van der Waals surface area contributed by atoms with Crippen LogP contribution in [0.25, 0.3) is 0 Å². The molecule has 63 valence electrons. The Bertz CT molecular complexity index is 132. The van der Waals surface area contributed by atoms with E-state index >= 15 is 0 Å². The maximum absolute atomic E-state index is 11.0. The molecule has 1 nitrogen and oxygen atoms in total. The van der Waals surface area contributed by atoms with Crippen molar-refractivity contribution in [2.75, 3.05) is 0 Å². The first kappa shape index (κ1) is 14.3. The second-order valence-electron chi connectivity index (χ2n) is 1.20. The van der Waals surface area contributed by atoms with Crippen LogP contribution in [0.1, 0.15) is 0 Å². The smallest absolute Gasteiger partial charge is 0.265 e. The summed E-state index contributed by atoms with van der Waals surface area (Å²) in [6, 6.07) is 0. The predicted octanol–water partition coefficient (Wildman–Crippen LogP) is 2.03. The first-order valence-corrected chi connectivity index (χ1v) is 2.97. The minimum atomic E-state index is -5.49. The van der Waals surface area contributed by atoms with E-state index in [2.05, 4.69) is 0 Å². The number of alkyl halides is 6. The Kier molecular flexibility index (Phi) is 5.32. The van der Waals surface area contributed by atoms with Crippen LogP contribution in [0.4, 0.5) is 26.3 Å². The monoisotopic (exact) mass is 208 g/mol. The van der Waals surface area contributed by atoms with Crippen LogP contribution in [-0.2, 0) is 10.7 Å². The molecule has 0 aliphatic carbocycles. The van der Waals surface area contributed by atoms with Crippen LogP contribution in [-0.4, -0.2) is 40.6 Å². The number of nitrogens with one attached hydrogen (secondary N) is 1. The number of rotatable bonds is 0. The van der Waals surface area contributed by atoms with E-state index in [-0.39, 0.29) is 29.6 Å². The second-order valence-corrected chi connectivity index (χ2v) is 2.74. The Hall–Kier alpha value is 0.730. The Morgan fingerprint density at radius 3 is 1.00 bits per heavy atom.